The maximum atomic E-state index is 13.4. The van der Waals surface area contributed by atoms with Crippen molar-refractivity contribution in [1.82, 2.24) is 0 Å². The van der Waals surface area contributed by atoms with Crippen LogP contribution in [0.1, 0.15) is 23.6 Å². The standard InChI is InChI=1S/C20H20F3NO4/c1-4-28-18(25)19(26,20(21,22)23)15-7-10-17(13(2)11-15)24-12-14-5-8-16(27-3)9-6-14/h5-12,26H,4H2,1-3H3/t19-/m1/s1. The lowest BCUT2D eigenvalue weighted by molar-refractivity contribution is -0.267. The number of halogens is 3. The molecule has 0 aliphatic heterocycles. The Balaban J connectivity index is 2.35. The van der Waals surface area contributed by atoms with Crippen molar-refractivity contribution in [3.63, 3.8) is 0 Å². The number of hydrogen-bond donors (Lipinski definition) is 1. The van der Waals surface area contributed by atoms with E-state index in [1.807, 2.05) is 0 Å². The predicted octanol–water partition coefficient (Wildman–Crippen LogP) is 4.07. The van der Waals surface area contributed by atoms with Gasteiger partial charge in [0.1, 0.15) is 5.75 Å². The van der Waals surface area contributed by atoms with Crippen LogP contribution in [0.25, 0.3) is 0 Å². The lowest BCUT2D eigenvalue weighted by Gasteiger charge is -2.28. The minimum atomic E-state index is -5.24. The predicted molar refractivity (Wildman–Crippen MR) is 98.0 cm³/mol. The summed E-state index contributed by atoms with van der Waals surface area (Å²) in [6.45, 7) is 2.60. The van der Waals surface area contributed by atoms with E-state index < -0.39 is 23.3 Å². The van der Waals surface area contributed by atoms with Crippen LogP contribution in [0, 0.1) is 6.92 Å². The summed E-state index contributed by atoms with van der Waals surface area (Å²) < 4.78 is 49.8. The van der Waals surface area contributed by atoms with Crippen molar-refractivity contribution >= 4 is 17.9 Å². The van der Waals surface area contributed by atoms with Gasteiger partial charge in [-0.3, -0.25) is 4.99 Å². The molecule has 2 rings (SSSR count). The molecular formula is C20H20F3NO4. The Morgan fingerprint density at radius 1 is 1.18 bits per heavy atom. The first-order valence-corrected chi connectivity index (χ1v) is 8.39. The van der Waals surface area contributed by atoms with E-state index in [4.69, 9.17) is 4.74 Å². The molecule has 5 nitrogen and oxygen atoms in total. The molecule has 1 N–H and O–H groups in total. The second-order valence-corrected chi connectivity index (χ2v) is 5.96. The van der Waals surface area contributed by atoms with E-state index in [1.165, 1.54) is 19.9 Å². The highest BCUT2D eigenvalue weighted by molar-refractivity contribution is 5.84. The van der Waals surface area contributed by atoms with Gasteiger partial charge in [-0.2, -0.15) is 13.2 Å². The SMILES string of the molecule is CCOC(=O)[C@](O)(c1ccc(N=Cc2ccc(OC)cc2)c(C)c1)C(F)(F)F. The molecule has 2 aromatic rings. The maximum absolute atomic E-state index is 13.4. The van der Waals surface area contributed by atoms with E-state index in [2.05, 4.69) is 9.73 Å². The Morgan fingerprint density at radius 3 is 2.32 bits per heavy atom. The van der Waals surface area contributed by atoms with Crippen LogP contribution in [0.15, 0.2) is 47.5 Å². The lowest BCUT2D eigenvalue weighted by atomic mass is 9.91. The summed E-state index contributed by atoms with van der Waals surface area (Å²) in [5.74, 6) is -1.08. The van der Waals surface area contributed by atoms with Crippen molar-refractivity contribution < 1.29 is 32.5 Å². The van der Waals surface area contributed by atoms with E-state index in [9.17, 15) is 23.1 Å². The molecule has 0 unspecified atom stereocenters. The molecule has 28 heavy (non-hydrogen) atoms. The van der Waals surface area contributed by atoms with Gasteiger partial charge in [0, 0.05) is 11.8 Å². The Labute approximate surface area is 160 Å². The van der Waals surface area contributed by atoms with E-state index in [0.29, 0.717) is 17.0 Å². The van der Waals surface area contributed by atoms with Crippen LogP contribution in [0.5, 0.6) is 5.75 Å². The molecule has 0 saturated carbocycles. The number of aryl methyl sites for hydroxylation is 1. The summed E-state index contributed by atoms with van der Waals surface area (Å²) in [6, 6.07) is 10.4. The van der Waals surface area contributed by atoms with Gasteiger partial charge >= 0.3 is 12.1 Å². The number of alkyl halides is 3. The molecule has 8 heteroatoms. The summed E-state index contributed by atoms with van der Waals surface area (Å²) >= 11 is 0. The minimum Gasteiger partial charge on any atom is -0.497 e. The van der Waals surface area contributed by atoms with Crippen molar-refractivity contribution in [2.24, 2.45) is 4.99 Å². The zero-order valence-electron chi connectivity index (χ0n) is 15.6. The molecule has 0 aliphatic rings. The highest BCUT2D eigenvalue weighted by Gasteiger charge is 2.62. The number of ether oxygens (including phenoxy) is 2. The summed E-state index contributed by atoms with van der Waals surface area (Å²) in [4.78, 5) is 16.1. The molecule has 0 radical (unpaired) electrons. The number of aliphatic hydroxyl groups is 1. The molecule has 1 atom stereocenters. The number of nitrogens with zero attached hydrogens (tertiary/aromatic N) is 1. The van der Waals surface area contributed by atoms with Gasteiger partial charge in [0.05, 0.1) is 19.4 Å². The van der Waals surface area contributed by atoms with E-state index in [-0.39, 0.29) is 6.61 Å². The number of methoxy groups -OCH3 is 1. The van der Waals surface area contributed by atoms with Crippen LogP contribution in [0.2, 0.25) is 0 Å². The van der Waals surface area contributed by atoms with E-state index in [0.717, 1.165) is 17.7 Å². The molecule has 0 amide bonds. The number of benzene rings is 2. The van der Waals surface area contributed by atoms with Crippen LogP contribution >= 0.6 is 0 Å². The second kappa shape index (κ2) is 8.43. The average molecular weight is 395 g/mol. The number of carbonyl (C=O) groups excluding carboxylic acids is 1. The van der Waals surface area contributed by atoms with Gasteiger partial charge in [-0.1, -0.05) is 12.1 Å². The van der Waals surface area contributed by atoms with Gasteiger partial charge in [0.25, 0.3) is 5.60 Å². The first-order valence-electron chi connectivity index (χ1n) is 8.39. The fourth-order valence-corrected chi connectivity index (χ4v) is 2.49. The van der Waals surface area contributed by atoms with Crippen molar-refractivity contribution in [3.05, 3.63) is 59.2 Å². The molecule has 0 saturated heterocycles. The highest BCUT2D eigenvalue weighted by Crippen LogP contribution is 2.41. The first kappa shape index (κ1) is 21.4. The number of esters is 1. The minimum absolute atomic E-state index is 0.291. The van der Waals surface area contributed by atoms with Crippen LogP contribution in [0.4, 0.5) is 18.9 Å². The Hall–Kier alpha value is -2.87. The maximum Gasteiger partial charge on any atom is 0.432 e. The molecule has 2 aromatic carbocycles. The van der Waals surface area contributed by atoms with Crippen LogP contribution in [-0.2, 0) is 15.1 Å². The van der Waals surface area contributed by atoms with Crippen molar-refractivity contribution in [2.45, 2.75) is 25.6 Å². The van der Waals surface area contributed by atoms with Crippen LogP contribution in [0.3, 0.4) is 0 Å². The Bertz CT molecular complexity index is 863. The molecule has 0 heterocycles. The molecule has 0 fully saturated rings. The molecule has 0 aromatic heterocycles. The van der Waals surface area contributed by atoms with Gasteiger partial charge < -0.3 is 14.6 Å². The smallest absolute Gasteiger partial charge is 0.432 e. The van der Waals surface area contributed by atoms with Gasteiger partial charge in [0.2, 0.25) is 0 Å². The number of hydrogen-bond acceptors (Lipinski definition) is 5. The van der Waals surface area contributed by atoms with Crippen molar-refractivity contribution in [2.75, 3.05) is 13.7 Å². The lowest BCUT2D eigenvalue weighted by Crippen LogP contribution is -2.50. The van der Waals surface area contributed by atoms with Crippen LogP contribution < -0.4 is 4.74 Å². The zero-order valence-corrected chi connectivity index (χ0v) is 15.6. The van der Waals surface area contributed by atoms with Crippen molar-refractivity contribution in [3.8, 4) is 5.75 Å². The van der Waals surface area contributed by atoms with Gasteiger partial charge in [-0.15, -0.1) is 0 Å². The molecule has 0 bridgehead atoms. The highest BCUT2D eigenvalue weighted by atomic mass is 19.4. The topological polar surface area (TPSA) is 68.1 Å². The zero-order chi connectivity index (χ0) is 20.9. The third-order valence-electron chi connectivity index (χ3n) is 4.06. The van der Waals surface area contributed by atoms with E-state index in [1.54, 1.807) is 37.6 Å². The van der Waals surface area contributed by atoms with E-state index >= 15 is 0 Å². The quantitative estimate of drug-likeness (QED) is 0.592. The van der Waals surface area contributed by atoms with Gasteiger partial charge in [0.15, 0.2) is 0 Å². The monoisotopic (exact) mass is 395 g/mol. The summed E-state index contributed by atoms with van der Waals surface area (Å²) in [7, 11) is 1.55. The van der Waals surface area contributed by atoms with Crippen molar-refractivity contribution in [1.29, 1.82) is 0 Å². The fraction of sp³-hybridized carbons (Fsp3) is 0.300. The largest absolute Gasteiger partial charge is 0.497 e. The van der Waals surface area contributed by atoms with Gasteiger partial charge in [-0.05, 0) is 55.3 Å². The Kier molecular flexibility index (Phi) is 6.45. The Morgan fingerprint density at radius 2 is 1.82 bits per heavy atom. The average Bonchev–Trinajstić information content (AvgIpc) is 2.66. The fourth-order valence-electron chi connectivity index (χ4n) is 2.49. The summed E-state index contributed by atoms with van der Waals surface area (Å²) in [5, 5.41) is 10.1. The number of carbonyl (C=O) groups is 1. The van der Waals surface area contributed by atoms with Gasteiger partial charge in [-0.25, -0.2) is 4.79 Å². The summed E-state index contributed by atoms with van der Waals surface area (Å²) in [5.41, 5.74) is -2.85. The van der Waals surface area contributed by atoms with Crippen LogP contribution in [-0.4, -0.2) is 37.2 Å². The molecule has 0 aliphatic carbocycles. The molecule has 0 spiro atoms. The third kappa shape index (κ3) is 4.33. The molecular weight excluding hydrogens is 375 g/mol. The summed E-state index contributed by atoms with van der Waals surface area (Å²) in [6.07, 6.45) is -3.69. The number of aliphatic imine (C=N–C) groups is 1. The number of rotatable bonds is 6. The molecule has 150 valence electrons. The second-order valence-electron chi connectivity index (χ2n) is 5.96. The normalized spacial score (nSPS) is 14.0. The first-order chi connectivity index (χ1) is 13.1. The third-order valence-corrected chi connectivity index (χ3v) is 4.06.